The van der Waals surface area contributed by atoms with E-state index in [0.29, 0.717) is 26.2 Å². The molecular weight excluding hydrogens is 392 g/mol. The van der Waals surface area contributed by atoms with Crippen molar-refractivity contribution in [2.45, 2.75) is 11.1 Å². The van der Waals surface area contributed by atoms with Crippen LogP contribution >= 0.6 is 0 Å². The van der Waals surface area contributed by atoms with E-state index in [1.165, 1.54) is 0 Å². The van der Waals surface area contributed by atoms with Gasteiger partial charge in [0.05, 0.1) is 13.2 Å². The molecule has 1 fully saturated rings. The third-order valence-electron chi connectivity index (χ3n) is 4.84. The molecule has 0 unspecified atom stereocenters. The summed E-state index contributed by atoms with van der Waals surface area (Å²) in [5, 5.41) is 63.4. The number of aliphatic carboxylic acids is 3. The van der Waals surface area contributed by atoms with Gasteiger partial charge in [0.1, 0.15) is 5.60 Å². The smallest absolute Gasteiger partial charge is 0.347 e. The third kappa shape index (κ3) is 6.30. The molecule has 168 valence electrons. The van der Waals surface area contributed by atoms with Crippen molar-refractivity contribution in [3.63, 3.8) is 0 Å². The van der Waals surface area contributed by atoms with Crippen molar-refractivity contribution < 1.29 is 45.0 Å². The van der Waals surface area contributed by atoms with E-state index in [4.69, 9.17) is 0 Å². The molecule has 13 heteroatoms. The quantitative estimate of drug-likeness (QED) is 0.174. The molecule has 0 radical (unpaired) electrons. The van der Waals surface area contributed by atoms with Gasteiger partial charge in [-0.2, -0.15) is 0 Å². The summed E-state index contributed by atoms with van der Waals surface area (Å²) in [6, 6.07) is 0. The third-order valence-corrected chi connectivity index (χ3v) is 4.84. The summed E-state index contributed by atoms with van der Waals surface area (Å²) >= 11 is 0. The molecule has 1 aliphatic rings. The van der Waals surface area contributed by atoms with Gasteiger partial charge >= 0.3 is 23.4 Å². The summed E-state index contributed by atoms with van der Waals surface area (Å²) in [7, 11) is 0. The molecule has 29 heavy (non-hydrogen) atoms. The summed E-state index contributed by atoms with van der Waals surface area (Å²) < 4.78 is 0. The molecule has 1 rings (SSSR count). The number of hydrogen-bond donors (Lipinski definition) is 8. The van der Waals surface area contributed by atoms with E-state index < -0.39 is 42.3 Å². The Kier molecular flexibility index (Phi) is 9.85. The minimum atomic E-state index is -3.17. The molecule has 8 N–H and O–H groups in total. The van der Waals surface area contributed by atoms with Crippen LogP contribution in [0.5, 0.6) is 0 Å². The fourth-order valence-corrected chi connectivity index (χ4v) is 3.10. The molecule has 13 nitrogen and oxygen atoms in total. The predicted octanol–water partition coefficient (Wildman–Crippen LogP) is -4.51. The Morgan fingerprint density at radius 2 is 1.24 bits per heavy atom. The zero-order valence-corrected chi connectivity index (χ0v) is 16.1. The van der Waals surface area contributed by atoms with Crippen LogP contribution in [0.25, 0.3) is 0 Å². The first-order valence-electron chi connectivity index (χ1n) is 9.17. The van der Waals surface area contributed by atoms with Gasteiger partial charge in [0.25, 0.3) is 0 Å². The number of nitrogens with one attached hydrogen (secondary N) is 2. The maximum absolute atomic E-state index is 11.7. The Hall–Kier alpha value is -1.87. The average Bonchev–Trinajstić information content (AvgIpc) is 2.65. The lowest BCUT2D eigenvalue weighted by Gasteiger charge is -2.37. The van der Waals surface area contributed by atoms with E-state index in [0.717, 1.165) is 4.90 Å². The Balaban J connectivity index is 3.16. The van der Waals surface area contributed by atoms with Crippen molar-refractivity contribution >= 4 is 17.9 Å². The van der Waals surface area contributed by atoms with Crippen molar-refractivity contribution in [3.8, 4) is 0 Å². The van der Waals surface area contributed by atoms with Gasteiger partial charge in [-0.15, -0.1) is 0 Å². The maximum Gasteiger partial charge on any atom is 0.347 e. The zero-order chi connectivity index (χ0) is 22.1. The van der Waals surface area contributed by atoms with Gasteiger partial charge in [0.2, 0.25) is 0 Å². The van der Waals surface area contributed by atoms with Gasteiger partial charge < -0.3 is 41.3 Å². The van der Waals surface area contributed by atoms with E-state index in [2.05, 4.69) is 10.6 Å². The first-order valence-corrected chi connectivity index (χ1v) is 9.17. The summed E-state index contributed by atoms with van der Waals surface area (Å²) in [6.07, 6.45) is 0. The van der Waals surface area contributed by atoms with Crippen molar-refractivity contribution in [2.24, 2.45) is 0 Å². The maximum atomic E-state index is 11.7. The standard InChI is InChI=1S/C16H30N4O9/c21-10-15(29,11-22)9-19-5-3-17-1-2-18-4-6-20(8-7-19)16(12(23)24,13(25)26)14(27)28/h17-18,21-22,29H,1-11H2,(H,23,24)(H,25,26)(H,27,28). The first-order chi connectivity index (χ1) is 13.6. The Morgan fingerprint density at radius 3 is 1.69 bits per heavy atom. The highest BCUT2D eigenvalue weighted by Crippen LogP contribution is 2.18. The highest BCUT2D eigenvalue weighted by atomic mass is 16.4. The average molecular weight is 422 g/mol. The van der Waals surface area contributed by atoms with Gasteiger partial charge in [-0.1, -0.05) is 0 Å². The Labute approximate surface area is 167 Å². The summed E-state index contributed by atoms with van der Waals surface area (Å²) in [5.41, 5.74) is -4.98. The Morgan fingerprint density at radius 1 is 0.759 bits per heavy atom. The predicted molar refractivity (Wildman–Crippen MR) is 98.5 cm³/mol. The summed E-state index contributed by atoms with van der Waals surface area (Å²) in [4.78, 5) is 37.6. The monoisotopic (exact) mass is 422 g/mol. The number of carboxylic acid groups (broad SMARTS) is 3. The number of carbonyl (C=O) groups is 3. The van der Waals surface area contributed by atoms with Crippen LogP contribution in [0.15, 0.2) is 0 Å². The number of aliphatic hydroxyl groups excluding tert-OH is 2. The number of hydrogen-bond acceptors (Lipinski definition) is 10. The lowest BCUT2D eigenvalue weighted by molar-refractivity contribution is -0.179. The topological polar surface area (TPSA) is 203 Å². The molecule has 1 aliphatic heterocycles. The molecule has 0 bridgehead atoms. The van der Waals surface area contributed by atoms with E-state index in [1.54, 1.807) is 4.90 Å². The number of carboxylic acids is 3. The largest absolute Gasteiger partial charge is 0.479 e. The number of aliphatic hydroxyl groups is 3. The second-order valence-electron chi connectivity index (χ2n) is 6.93. The highest BCUT2D eigenvalue weighted by Gasteiger charge is 2.59. The Bertz CT molecular complexity index is 535. The number of rotatable bonds is 8. The molecule has 0 aliphatic carbocycles. The molecule has 0 spiro atoms. The minimum Gasteiger partial charge on any atom is -0.479 e. The molecular formula is C16H30N4O9. The van der Waals surface area contributed by atoms with Crippen molar-refractivity contribution in [1.29, 1.82) is 0 Å². The zero-order valence-electron chi connectivity index (χ0n) is 16.1. The molecule has 0 aromatic rings. The van der Waals surface area contributed by atoms with E-state index in [1.807, 2.05) is 0 Å². The summed E-state index contributed by atoms with van der Waals surface area (Å²) in [6.45, 7) is -0.0163. The number of β-amino-alcohol motifs (C(OH)–C–C–N with tert-alkyl or cyclic N) is 1. The van der Waals surface area contributed by atoms with Crippen molar-refractivity contribution in [3.05, 3.63) is 0 Å². The molecule has 0 aromatic carbocycles. The molecule has 0 aromatic heterocycles. The van der Waals surface area contributed by atoms with Crippen LogP contribution in [0.4, 0.5) is 0 Å². The minimum absolute atomic E-state index is 0.000417. The van der Waals surface area contributed by atoms with Gasteiger partial charge in [-0.3, -0.25) is 9.80 Å². The second kappa shape index (κ2) is 11.3. The van der Waals surface area contributed by atoms with Crippen LogP contribution in [-0.2, 0) is 14.4 Å². The molecule has 0 atom stereocenters. The second-order valence-corrected chi connectivity index (χ2v) is 6.93. The highest BCUT2D eigenvalue weighted by molar-refractivity contribution is 6.21. The van der Waals surface area contributed by atoms with Crippen LogP contribution in [0.3, 0.4) is 0 Å². The molecule has 1 saturated heterocycles. The fourth-order valence-electron chi connectivity index (χ4n) is 3.10. The first kappa shape index (κ1) is 25.2. The summed E-state index contributed by atoms with van der Waals surface area (Å²) in [5.74, 6) is -6.04. The van der Waals surface area contributed by atoms with Crippen LogP contribution in [0, 0.1) is 0 Å². The molecule has 1 heterocycles. The number of nitrogens with zero attached hydrogens (tertiary/aromatic N) is 2. The van der Waals surface area contributed by atoms with Crippen LogP contribution in [0.2, 0.25) is 0 Å². The molecule has 0 saturated carbocycles. The lowest BCUT2D eigenvalue weighted by atomic mass is 9.97. The lowest BCUT2D eigenvalue weighted by Crippen LogP contribution is -2.67. The van der Waals surface area contributed by atoms with Crippen molar-refractivity contribution in [2.75, 3.05) is 72.1 Å². The van der Waals surface area contributed by atoms with Gasteiger partial charge in [0, 0.05) is 58.9 Å². The van der Waals surface area contributed by atoms with E-state index in [9.17, 15) is 45.0 Å². The fraction of sp³-hybridized carbons (Fsp3) is 0.812. The van der Waals surface area contributed by atoms with Gasteiger partial charge in [-0.05, 0) is 0 Å². The normalized spacial score (nSPS) is 19.1. The van der Waals surface area contributed by atoms with Gasteiger partial charge in [-0.25, -0.2) is 14.4 Å². The molecule has 0 amide bonds. The van der Waals surface area contributed by atoms with Gasteiger partial charge in [0.15, 0.2) is 0 Å². The van der Waals surface area contributed by atoms with E-state index >= 15 is 0 Å². The van der Waals surface area contributed by atoms with Crippen LogP contribution in [0.1, 0.15) is 0 Å². The van der Waals surface area contributed by atoms with Crippen LogP contribution < -0.4 is 10.6 Å². The van der Waals surface area contributed by atoms with Crippen molar-refractivity contribution in [1.82, 2.24) is 20.4 Å². The SMILES string of the molecule is O=C(O)C(C(=O)O)(C(=O)O)N1CCNCCNCCN(CC(O)(CO)CO)CC1. The van der Waals surface area contributed by atoms with Crippen LogP contribution in [-0.4, -0.2) is 142 Å². The van der Waals surface area contributed by atoms with E-state index in [-0.39, 0.29) is 32.7 Å².